The average Bonchev–Trinajstić information content (AvgIpc) is 1.90. The highest BCUT2D eigenvalue weighted by Gasteiger charge is 2.09. The van der Waals surface area contributed by atoms with Gasteiger partial charge >= 0.3 is 0 Å². The van der Waals surface area contributed by atoms with Crippen molar-refractivity contribution in [2.45, 2.75) is 18.9 Å². The summed E-state index contributed by atoms with van der Waals surface area (Å²) in [5.74, 6) is 0. The predicted molar refractivity (Wildman–Crippen MR) is 30.1 cm³/mol. The zero-order valence-electron chi connectivity index (χ0n) is 4.78. The first-order valence-corrected chi connectivity index (χ1v) is 2.98. The third-order valence-corrected chi connectivity index (χ3v) is 1.35. The summed E-state index contributed by atoms with van der Waals surface area (Å²) in [7, 11) is 0. The Hall–Kier alpha value is -0.150. The third-order valence-electron chi connectivity index (χ3n) is 1.35. The van der Waals surface area contributed by atoms with E-state index in [0.717, 1.165) is 19.4 Å². The highest BCUT2D eigenvalue weighted by Crippen LogP contribution is 1.99. The van der Waals surface area contributed by atoms with Crippen LogP contribution in [0, 0.1) is 0 Å². The summed E-state index contributed by atoms with van der Waals surface area (Å²) in [4.78, 5) is 0. The van der Waals surface area contributed by atoms with E-state index in [0.29, 0.717) is 0 Å². The molecule has 0 bridgehead atoms. The van der Waals surface area contributed by atoms with Crippen LogP contribution in [0.2, 0.25) is 0 Å². The largest absolute Gasteiger partial charge is 0.258 e. The Balaban J connectivity index is 2.13. The fourth-order valence-electron chi connectivity index (χ4n) is 0.841. The quantitative estimate of drug-likeness (QED) is 0.514. The molecule has 1 aliphatic rings. The summed E-state index contributed by atoms with van der Waals surface area (Å²) in [6, 6.07) is 0.0590. The summed E-state index contributed by atoms with van der Waals surface area (Å²) in [6.45, 7) is 0.712. The smallest absolute Gasteiger partial charge is 0.106 e. The number of nitrogens with one attached hydrogen (secondary N) is 2. The van der Waals surface area contributed by atoms with E-state index in [9.17, 15) is 4.39 Å². The Kier molecular flexibility index (Phi) is 2.24. The normalized spacial score (nSPS) is 30.4. The molecular weight excluding hydrogens is 107 g/mol. The summed E-state index contributed by atoms with van der Waals surface area (Å²) < 4.78 is 11.8. The van der Waals surface area contributed by atoms with Gasteiger partial charge in [0.15, 0.2) is 0 Å². The van der Waals surface area contributed by atoms with E-state index in [1.165, 1.54) is 0 Å². The van der Waals surface area contributed by atoms with E-state index in [4.69, 9.17) is 0 Å². The molecule has 1 saturated heterocycles. The molecule has 1 rings (SSSR count). The van der Waals surface area contributed by atoms with Crippen molar-refractivity contribution in [2.24, 2.45) is 0 Å². The minimum Gasteiger partial charge on any atom is -0.258 e. The highest BCUT2D eigenvalue weighted by molar-refractivity contribution is 4.67. The molecule has 48 valence electrons. The van der Waals surface area contributed by atoms with Crippen LogP contribution in [0.1, 0.15) is 12.8 Å². The third kappa shape index (κ3) is 1.42. The van der Waals surface area contributed by atoms with Crippen molar-refractivity contribution in [1.82, 2.24) is 10.9 Å². The van der Waals surface area contributed by atoms with Gasteiger partial charge in [0.2, 0.25) is 0 Å². The molecule has 0 aromatic heterocycles. The number of hydrazine groups is 1. The van der Waals surface area contributed by atoms with Crippen LogP contribution in [-0.2, 0) is 0 Å². The molecular formula is C5H11FN2. The molecule has 0 radical (unpaired) electrons. The molecule has 1 atom stereocenters. The number of hydrogen-bond donors (Lipinski definition) is 2. The second kappa shape index (κ2) is 2.99. The monoisotopic (exact) mass is 118 g/mol. The molecule has 0 aliphatic carbocycles. The fraction of sp³-hybridized carbons (Fsp3) is 1.00. The van der Waals surface area contributed by atoms with Crippen molar-refractivity contribution in [2.75, 3.05) is 13.2 Å². The maximum Gasteiger partial charge on any atom is 0.106 e. The van der Waals surface area contributed by atoms with Gasteiger partial charge in [-0.05, 0) is 12.8 Å². The van der Waals surface area contributed by atoms with Gasteiger partial charge in [0.25, 0.3) is 0 Å². The van der Waals surface area contributed by atoms with Crippen molar-refractivity contribution in [3.05, 3.63) is 0 Å². The van der Waals surface area contributed by atoms with E-state index in [1.54, 1.807) is 0 Å². The molecule has 1 aliphatic heterocycles. The van der Waals surface area contributed by atoms with E-state index in [1.807, 2.05) is 0 Å². The van der Waals surface area contributed by atoms with Crippen LogP contribution in [0.5, 0.6) is 0 Å². The van der Waals surface area contributed by atoms with Crippen LogP contribution < -0.4 is 10.9 Å². The van der Waals surface area contributed by atoms with Crippen LogP contribution in [0.4, 0.5) is 4.39 Å². The molecule has 1 unspecified atom stereocenters. The molecule has 3 heteroatoms. The van der Waals surface area contributed by atoms with Gasteiger partial charge in [-0.25, -0.2) is 4.39 Å². The highest BCUT2D eigenvalue weighted by atomic mass is 19.1. The minimum absolute atomic E-state index is 0.0590. The summed E-state index contributed by atoms with van der Waals surface area (Å²) in [6.07, 6.45) is 2.05. The Morgan fingerprint density at radius 3 is 2.88 bits per heavy atom. The summed E-state index contributed by atoms with van der Waals surface area (Å²) in [5, 5.41) is 0. The first-order chi connectivity index (χ1) is 3.93. The summed E-state index contributed by atoms with van der Waals surface area (Å²) in [5.41, 5.74) is 5.74. The SMILES string of the molecule is FCC1CCCNN1. The maximum absolute atomic E-state index is 11.8. The molecule has 0 saturated carbocycles. The van der Waals surface area contributed by atoms with Gasteiger partial charge in [0.05, 0.1) is 0 Å². The van der Waals surface area contributed by atoms with Crippen LogP contribution in [-0.4, -0.2) is 19.3 Å². The molecule has 0 spiro atoms. The van der Waals surface area contributed by atoms with E-state index in [-0.39, 0.29) is 12.7 Å². The molecule has 0 aromatic carbocycles. The Bertz CT molecular complexity index is 61.4. The van der Waals surface area contributed by atoms with Gasteiger partial charge in [-0.15, -0.1) is 0 Å². The lowest BCUT2D eigenvalue weighted by Gasteiger charge is -2.20. The van der Waals surface area contributed by atoms with E-state index >= 15 is 0 Å². The second-order valence-corrected chi connectivity index (χ2v) is 2.06. The fourth-order valence-corrected chi connectivity index (χ4v) is 0.841. The van der Waals surface area contributed by atoms with Crippen molar-refractivity contribution >= 4 is 0 Å². The first-order valence-electron chi connectivity index (χ1n) is 2.98. The first kappa shape index (κ1) is 5.98. The summed E-state index contributed by atoms with van der Waals surface area (Å²) >= 11 is 0. The van der Waals surface area contributed by atoms with Crippen LogP contribution in [0.25, 0.3) is 0 Å². The van der Waals surface area contributed by atoms with Gasteiger partial charge in [-0.3, -0.25) is 10.9 Å². The van der Waals surface area contributed by atoms with Gasteiger partial charge in [-0.2, -0.15) is 0 Å². The lowest BCUT2D eigenvalue weighted by atomic mass is 10.1. The zero-order valence-corrected chi connectivity index (χ0v) is 4.78. The van der Waals surface area contributed by atoms with Crippen molar-refractivity contribution in [3.8, 4) is 0 Å². The molecule has 8 heavy (non-hydrogen) atoms. The van der Waals surface area contributed by atoms with Crippen LogP contribution in [0.15, 0.2) is 0 Å². The molecule has 0 amide bonds. The van der Waals surface area contributed by atoms with Gasteiger partial charge < -0.3 is 0 Å². The number of rotatable bonds is 1. The molecule has 0 aromatic rings. The average molecular weight is 118 g/mol. The Morgan fingerprint density at radius 1 is 1.62 bits per heavy atom. The molecule has 2 nitrogen and oxygen atoms in total. The number of halogens is 1. The van der Waals surface area contributed by atoms with Crippen LogP contribution >= 0.6 is 0 Å². The molecule has 1 heterocycles. The topological polar surface area (TPSA) is 24.1 Å². The van der Waals surface area contributed by atoms with Crippen molar-refractivity contribution in [3.63, 3.8) is 0 Å². The van der Waals surface area contributed by atoms with Crippen LogP contribution in [0.3, 0.4) is 0 Å². The van der Waals surface area contributed by atoms with Gasteiger partial charge in [-0.1, -0.05) is 0 Å². The Morgan fingerprint density at radius 2 is 2.50 bits per heavy atom. The maximum atomic E-state index is 11.8. The van der Waals surface area contributed by atoms with Gasteiger partial charge in [0, 0.05) is 12.6 Å². The van der Waals surface area contributed by atoms with Crippen molar-refractivity contribution in [1.29, 1.82) is 0 Å². The lowest BCUT2D eigenvalue weighted by Crippen LogP contribution is -2.46. The lowest BCUT2D eigenvalue weighted by molar-refractivity contribution is 0.284. The number of alkyl halides is 1. The predicted octanol–water partition coefficient (Wildman–Crippen LogP) is 0.213. The second-order valence-electron chi connectivity index (χ2n) is 2.06. The standard InChI is InChI=1S/C5H11FN2/c6-4-5-2-1-3-7-8-5/h5,7-8H,1-4H2. The Labute approximate surface area is 48.4 Å². The minimum atomic E-state index is -0.257. The zero-order chi connectivity index (χ0) is 5.82. The number of hydrogen-bond acceptors (Lipinski definition) is 2. The van der Waals surface area contributed by atoms with Crippen molar-refractivity contribution < 1.29 is 4.39 Å². The van der Waals surface area contributed by atoms with E-state index < -0.39 is 0 Å². The van der Waals surface area contributed by atoms with E-state index in [2.05, 4.69) is 10.9 Å². The molecule has 1 fully saturated rings. The van der Waals surface area contributed by atoms with Gasteiger partial charge in [0.1, 0.15) is 6.67 Å². The molecule has 2 N–H and O–H groups in total.